The highest BCUT2D eigenvalue weighted by Gasteiger charge is 2.30. The van der Waals surface area contributed by atoms with Crippen molar-refractivity contribution >= 4 is 22.4 Å². The lowest BCUT2D eigenvalue weighted by atomic mass is 9.96. The smallest absolute Gasteiger partial charge is 0.211 e. The summed E-state index contributed by atoms with van der Waals surface area (Å²) in [7, 11) is -3.12. The second-order valence-corrected chi connectivity index (χ2v) is 8.88. The molecule has 1 aromatic rings. The zero-order valence-electron chi connectivity index (χ0n) is 14.5. The predicted molar refractivity (Wildman–Crippen MR) is 100.0 cm³/mol. The molecule has 0 radical (unpaired) electrons. The van der Waals surface area contributed by atoms with Gasteiger partial charge < -0.3 is 5.32 Å². The Kier molecular flexibility index (Phi) is 7.22. The molecule has 0 bridgehead atoms. The molecule has 8 heteroatoms. The summed E-state index contributed by atoms with van der Waals surface area (Å²) in [5, 5.41) is 3.38. The number of hydrogen-bond acceptors (Lipinski definition) is 4. The van der Waals surface area contributed by atoms with Gasteiger partial charge in [-0.3, -0.25) is 4.90 Å². The highest BCUT2D eigenvalue weighted by Crippen LogP contribution is 2.27. The normalized spacial score (nSPS) is 26.2. The molecule has 25 heavy (non-hydrogen) atoms. The van der Waals surface area contributed by atoms with Crippen LogP contribution in [0, 0.1) is 11.7 Å². The molecule has 2 unspecified atom stereocenters. The monoisotopic (exact) mass is 391 g/mol. The number of halogens is 2. The lowest BCUT2D eigenvalue weighted by molar-refractivity contribution is 0.115. The van der Waals surface area contributed by atoms with E-state index in [0.717, 1.165) is 44.6 Å². The topological polar surface area (TPSA) is 52.7 Å². The van der Waals surface area contributed by atoms with E-state index < -0.39 is 10.0 Å². The molecule has 1 N–H and O–H groups in total. The second kappa shape index (κ2) is 8.77. The summed E-state index contributed by atoms with van der Waals surface area (Å²) >= 11 is 0. The standard InChI is InChI=1S/C17H26FN3O2S.ClH/c1-24(22,23)21-8-3-4-14(13-21)12-20-9-7-19-11-17(20)15-5-2-6-16(18)10-15;/h2,5-6,10,14,17,19H,3-4,7-9,11-13H2,1H3;1H. The van der Waals surface area contributed by atoms with Crippen LogP contribution >= 0.6 is 12.4 Å². The molecule has 5 nitrogen and oxygen atoms in total. The molecule has 2 aliphatic heterocycles. The van der Waals surface area contributed by atoms with E-state index in [1.165, 1.54) is 12.3 Å². The van der Waals surface area contributed by atoms with Crippen LogP contribution in [0.2, 0.25) is 0 Å². The van der Waals surface area contributed by atoms with Crippen molar-refractivity contribution in [1.29, 1.82) is 0 Å². The number of benzene rings is 1. The van der Waals surface area contributed by atoms with Gasteiger partial charge in [-0.25, -0.2) is 17.1 Å². The number of piperazine rings is 1. The van der Waals surface area contributed by atoms with Crippen molar-refractivity contribution < 1.29 is 12.8 Å². The summed E-state index contributed by atoms with van der Waals surface area (Å²) < 4.78 is 38.8. The Balaban J connectivity index is 0.00000225. The summed E-state index contributed by atoms with van der Waals surface area (Å²) in [6.45, 7) is 4.69. The summed E-state index contributed by atoms with van der Waals surface area (Å²) in [6, 6.07) is 6.94. The van der Waals surface area contributed by atoms with Gasteiger partial charge in [0.15, 0.2) is 0 Å². The molecule has 2 saturated heterocycles. The van der Waals surface area contributed by atoms with Crippen LogP contribution in [-0.2, 0) is 10.0 Å². The van der Waals surface area contributed by atoms with Crippen molar-refractivity contribution in [2.75, 3.05) is 45.5 Å². The van der Waals surface area contributed by atoms with E-state index in [1.54, 1.807) is 16.4 Å². The number of piperidine rings is 1. The van der Waals surface area contributed by atoms with Gasteiger partial charge in [0.05, 0.1) is 6.26 Å². The van der Waals surface area contributed by atoms with Gasteiger partial charge in [-0.05, 0) is 36.5 Å². The largest absolute Gasteiger partial charge is 0.314 e. The van der Waals surface area contributed by atoms with Crippen LogP contribution in [0.15, 0.2) is 24.3 Å². The van der Waals surface area contributed by atoms with Crippen LogP contribution in [0.1, 0.15) is 24.4 Å². The van der Waals surface area contributed by atoms with Gasteiger partial charge in [-0.2, -0.15) is 0 Å². The molecular weight excluding hydrogens is 365 g/mol. The van der Waals surface area contributed by atoms with Crippen molar-refractivity contribution in [2.45, 2.75) is 18.9 Å². The fourth-order valence-corrected chi connectivity index (χ4v) is 4.76. The Bertz CT molecular complexity index is 674. The van der Waals surface area contributed by atoms with Crippen molar-refractivity contribution in [1.82, 2.24) is 14.5 Å². The zero-order chi connectivity index (χ0) is 17.2. The van der Waals surface area contributed by atoms with E-state index in [4.69, 9.17) is 0 Å². The maximum atomic E-state index is 13.6. The molecule has 0 aromatic heterocycles. The average molecular weight is 392 g/mol. The SMILES string of the molecule is CS(=O)(=O)N1CCCC(CN2CCNCC2c2cccc(F)c2)C1.Cl. The molecule has 2 heterocycles. The fraction of sp³-hybridized carbons (Fsp3) is 0.647. The summed E-state index contributed by atoms with van der Waals surface area (Å²) in [4.78, 5) is 2.38. The van der Waals surface area contributed by atoms with Gasteiger partial charge in [0, 0.05) is 45.3 Å². The maximum Gasteiger partial charge on any atom is 0.211 e. The van der Waals surface area contributed by atoms with Crippen LogP contribution < -0.4 is 5.32 Å². The number of nitrogens with one attached hydrogen (secondary N) is 1. The van der Waals surface area contributed by atoms with Gasteiger partial charge in [0.1, 0.15) is 5.82 Å². The average Bonchev–Trinajstić information content (AvgIpc) is 2.55. The van der Waals surface area contributed by atoms with Crippen LogP contribution in [0.4, 0.5) is 4.39 Å². The third-order valence-electron chi connectivity index (χ3n) is 5.03. The second-order valence-electron chi connectivity index (χ2n) is 6.90. The van der Waals surface area contributed by atoms with Crippen molar-refractivity contribution in [3.63, 3.8) is 0 Å². The first kappa shape index (κ1) is 20.6. The number of sulfonamides is 1. The molecule has 0 aliphatic carbocycles. The minimum absolute atomic E-state index is 0. The van der Waals surface area contributed by atoms with Gasteiger partial charge in [-0.1, -0.05) is 12.1 Å². The Morgan fingerprint density at radius 3 is 2.84 bits per heavy atom. The molecule has 2 fully saturated rings. The van der Waals surface area contributed by atoms with E-state index >= 15 is 0 Å². The molecule has 2 atom stereocenters. The Hall–Kier alpha value is -0.730. The first-order chi connectivity index (χ1) is 11.4. The number of rotatable bonds is 4. The lowest BCUT2D eigenvalue weighted by Crippen LogP contribution is -2.50. The summed E-state index contributed by atoms with van der Waals surface area (Å²) in [5.41, 5.74) is 0.984. The minimum Gasteiger partial charge on any atom is -0.314 e. The van der Waals surface area contributed by atoms with Crippen LogP contribution in [0.3, 0.4) is 0 Å². The first-order valence-electron chi connectivity index (χ1n) is 8.59. The van der Waals surface area contributed by atoms with Crippen LogP contribution in [0.25, 0.3) is 0 Å². The zero-order valence-corrected chi connectivity index (χ0v) is 16.2. The maximum absolute atomic E-state index is 13.6. The highest BCUT2D eigenvalue weighted by molar-refractivity contribution is 7.88. The highest BCUT2D eigenvalue weighted by atomic mass is 35.5. The summed E-state index contributed by atoms with van der Waals surface area (Å²) in [6.07, 6.45) is 3.25. The van der Waals surface area contributed by atoms with Crippen molar-refractivity contribution in [3.05, 3.63) is 35.6 Å². The van der Waals surface area contributed by atoms with Gasteiger partial charge >= 0.3 is 0 Å². The molecule has 2 aliphatic rings. The van der Waals surface area contributed by atoms with Crippen molar-refractivity contribution in [2.24, 2.45) is 5.92 Å². The minimum atomic E-state index is -3.12. The molecule has 1 aromatic carbocycles. The van der Waals surface area contributed by atoms with E-state index in [1.807, 2.05) is 6.07 Å². The number of nitrogens with zero attached hydrogens (tertiary/aromatic N) is 2. The Morgan fingerprint density at radius 2 is 2.12 bits per heavy atom. The van der Waals surface area contributed by atoms with E-state index in [0.29, 0.717) is 19.0 Å². The third kappa shape index (κ3) is 5.37. The van der Waals surface area contributed by atoms with Crippen molar-refractivity contribution in [3.8, 4) is 0 Å². The Morgan fingerprint density at radius 1 is 1.32 bits per heavy atom. The molecular formula is C17H27ClFN3O2S. The molecule has 0 spiro atoms. The quantitative estimate of drug-likeness (QED) is 0.851. The fourth-order valence-electron chi connectivity index (χ4n) is 3.82. The van der Waals surface area contributed by atoms with E-state index in [-0.39, 0.29) is 24.3 Å². The van der Waals surface area contributed by atoms with E-state index in [2.05, 4.69) is 10.2 Å². The van der Waals surface area contributed by atoms with Gasteiger partial charge in [0.25, 0.3) is 0 Å². The Labute approximate surface area is 156 Å². The van der Waals surface area contributed by atoms with Crippen LogP contribution in [-0.4, -0.2) is 63.1 Å². The first-order valence-corrected chi connectivity index (χ1v) is 10.4. The number of hydrogen-bond donors (Lipinski definition) is 1. The lowest BCUT2D eigenvalue weighted by Gasteiger charge is -2.40. The van der Waals surface area contributed by atoms with Gasteiger partial charge in [0.2, 0.25) is 10.0 Å². The van der Waals surface area contributed by atoms with Crippen LogP contribution in [0.5, 0.6) is 0 Å². The molecule has 0 saturated carbocycles. The predicted octanol–water partition coefficient (Wildman–Crippen LogP) is 1.87. The molecule has 0 amide bonds. The van der Waals surface area contributed by atoms with E-state index in [9.17, 15) is 12.8 Å². The molecule has 3 rings (SSSR count). The molecule has 142 valence electrons. The van der Waals surface area contributed by atoms with Gasteiger partial charge in [-0.15, -0.1) is 12.4 Å². The third-order valence-corrected chi connectivity index (χ3v) is 6.30. The summed E-state index contributed by atoms with van der Waals surface area (Å²) in [5.74, 6) is 0.126.